The van der Waals surface area contributed by atoms with Gasteiger partial charge < -0.3 is 10.1 Å². The van der Waals surface area contributed by atoms with Gasteiger partial charge in [-0.3, -0.25) is 0 Å². The molecule has 124 valence electrons. The number of ether oxygens (including phenoxy) is 1. The molecule has 0 aliphatic rings. The minimum Gasteiger partial charge on any atom is -0.435 e. The molecule has 2 amide bonds. The van der Waals surface area contributed by atoms with E-state index in [0.29, 0.717) is 0 Å². The Balaban J connectivity index is 1.55. The maximum absolute atomic E-state index is 12.1. The Morgan fingerprint density at radius 2 is 1.92 bits per heavy atom. The molecule has 3 aromatic rings. The van der Waals surface area contributed by atoms with Crippen LogP contribution in [-0.4, -0.2) is 22.3 Å². The number of fused-ring (bicyclic) bond motifs is 1. The third kappa shape index (κ3) is 3.78. The normalized spacial score (nSPS) is 10.8. The Labute approximate surface area is 136 Å². The molecule has 8 heteroatoms. The number of urea groups is 1. The first kappa shape index (κ1) is 15.7. The molecule has 1 aromatic heterocycles. The molecule has 0 bridgehead atoms. The third-order valence-electron chi connectivity index (χ3n) is 3.28. The van der Waals surface area contributed by atoms with Gasteiger partial charge in [-0.15, -0.1) is 0 Å². The molecule has 2 N–H and O–H groups in total. The Kier molecular flexibility index (Phi) is 4.55. The van der Waals surface area contributed by atoms with Crippen LogP contribution in [0.2, 0.25) is 0 Å². The first-order valence-electron chi connectivity index (χ1n) is 7.12. The minimum atomic E-state index is -2.86. The summed E-state index contributed by atoms with van der Waals surface area (Å²) >= 11 is 0. The number of aromatic nitrogens is 2. The molecule has 0 saturated heterocycles. The number of halogens is 2. The number of amides is 2. The standard InChI is InChI=1S/C16H14F2N4O2/c17-15(18)24-12-7-5-11(6-8-12)9-19-16(23)21-22-10-20-13-3-1-2-4-14(13)22/h1-8,10,15H,9H2,(H2,19,21,23). The SMILES string of the molecule is O=C(NCc1ccc(OC(F)F)cc1)Nn1cnc2ccccc21. The maximum Gasteiger partial charge on any atom is 0.387 e. The highest BCUT2D eigenvalue weighted by Gasteiger charge is 2.06. The lowest BCUT2D eigenvalue weighted by atomic mass is 10.2. The molecule has 24 heavy (non-hydrogen) atoms. The van der Waals surface area contributed by atoms with Gasteiger partial charge in [0.05, 0.1) is 11.0 Å². The van der Waals surface area contributed by atoms with Crippen molar-refractivity contribution in [3.05, 3.63) is 60.4 Å². The highest BCUT2D eigenvalue weighted by atomic mass is 19.3. The molecule has 0 spiro atoms. The van der Waals surface area contributed by atoms with Crippen LogP contribution in [0, 0.1) is 0 Å². The zero-order chi connectivity index (χ0) is 16.9. The van der Waals surface area contributed by atoms with Gasteiger partial charge in [0, 0.05) is 6.54 Å². The van der Waals surface area contributed by atoms with Crippen molar-refractivity contribution in [2.24, 2.45) is 0 Å². The maximum atomic E-state index is 12.1. The van der Waals surface area contributed by atoms with Crippen molar-refractivity contribution in [1.82, 2.24) is 15.0 Å². The molecule has 3 rings (SSSR count). The smallest absolute Gasteiger partial charge is 0.387 e. The average Bonchev–Trinajstić information content (AvgIpc) is 2.97. The van der Waals surface area contributed by atoms with E-state index in [1.165, 1.54) is 23.1 Å². The summed E-state index contributed by atoms with van der Waals surface area (Å²) in [5.41, 5.74) is 4.95. The summed E-state index contributed by atoms with van der Waals surface area (Å²) in [6.45, 7) is -2.61. The number of rotatable bonds is 5. The monoisotopic (exact) mass is 332 g/mol. The predicted molar refractivity (Wildman–Crippen MR) is 84.4 cm³/mol. The fraction of sp³-hybridized carbons (Fsp3) is 0.125. The quantitative estimate of drug-likeness (QED) is 0.754. The summed E-state index contributed by atoms with van der Waals surface area (Å²) in [6.07, 6.45) is 1.51. The fourth-order valence-electron chi connectivity index (χ4n) is 2.17. The molecule has 0 aliphatic heterocycles. The van der Waals surface area contributed by atoms with Crippen LogP contribution in [0.25, 0.3) is 11.0 Å². The number of hydrogen-bond acceptors (Lipinski definition) is 3. The molecular formula is C16H14F2N4O2. The number of nitrogens with one attached hydrogen (secondary N) is 2. The Hall–Kier alpha value is -3.16. The van der Waals surface area contributed by atoms with E-state index in [1.807, 2.05) is 24.3 Å². The number of alkyl halides is 2. The van der Waals surface area contributed by atoms with E-state index in [2.05, 4.69) is 20.5 Å². The van der Waals surface area contributed by atoms with E-state index in [1.54, 1.807) is 12.1 Å². The summed E-state index contributed by atoms with van der Waals surface area (Å²) in [7, 11) is 0. The van der Waals surface area contributed by atoms with Gasteiger partial charge in [0.25, 0.3) is 0 Å². The van der Waals surface area contributed by atoms with Gasteiger partial charge in [-0.25, -0.2) is 19.9 Å². The van der Waals surface area contributed by atoms with Crippen LogP contribution in [0.15, 0.2) is 54.9 Å². The van der Waals surface area contributed by atoms with Crippen molar-refractivity contribution in [2.75, 3.05) is 5.43 Å². The molecule has 0 fully saturated rings. The van der Waals surface area contributed by atoms with Gasteiger partial charge in [-0.1, -0.05) is 24.3 Å². The molecule has 0 saturated carbocycles. The average molecular weight is 332 g/mol. The summed E-state index contributed by atoms with van der Waals surface area (Å²) in [4.78, 5) is 16.1. The van der Waals surface area contributed by atoms with Crippen LogP contribution in [0.4, 0.5) is 13.6 Å². The van der Waals surface area contributed by atoms with Crippen molar-refractivity contribution < 1.29 is 18.3 Å². The number of carbonyl (C=O) groups excluding carboxylic acids is 1. The van der Waals surface area contributed by atoms with Crippen molar-refractivity contribution in [3.8, 4) is 5.75 Å². The summed E-state index contributed by atoms with van der Waals surface area (Å²) < 4.78 is 29.9. The van der Waals surface area contributed by atoms with Crippen LogP contribution in [-0.2, 0) is 6.54 Å². The highest BCUT2D eigenvalue weighted by molar-refractivity contribution is 5.85. The van der Waals surface area contributed by atoms with E-state index < -0.39 is 12.6 Å². The first-order valence-corrected chi connectivity index (χ1v) is 7.12. The minimum absolute atomic E-state index is 0.0723. The van der Waals surface area contributed by atoms with Crippen molar-refractivity contribution in [3.63, 3.8) is 0 Å². The van der Waals surface area contributed by atoms with Crippen LogP contribution in [0.5, 0.6) is 5.75 Å². The van der Waals surface area contributed by atoms with Gasteiger partial charge in [0.15, 0.2) is 0 Å². The Morgan fingerprint density at radius 3 is 2.67 bits per heavy atom. The molecule has 0 aliphatic carbocycles. The van der Waals surface area contributed by atoms with Crippen LogP contribution in [0.3, 0.4) is 0 Å². The van der Waals surface area contributed by atoms with Gasteiger partial charge in [0.2, 0.25) is 0 Å². The second kappa shape index (κ2) is 6.95. The molecule has 6 nitrogen and oxygen atoms in total. The molecule has 0 atom stereocenters. The highest BCUT2D eigenvalue weighted by Crippen LogP contribution is 2.14. The first-order chi connectivity index (χ1) is 11.6. The molecule has 0 radical (unpaired) electrons. The molecular weight excluding hydrogens is 318 g/mol. The van der Waals surface area contributed by atoms with Crippen LogP contribution >= 0.6 is 0 Å². The number of para-hydroxylation sites is 2. The van der Waals surface area contributed by atoms with E-state index in [-0.39, 0.29) is 12.3 Å². The number of nitrogens with zero attached hydrogens (tertiary/aromatic N) is 2. The largest absolute Gasteiger partial charge is 0.435 e. The topological polar surface area (TPSA) is 68.2 Å². The lowest BCUT2D eigenvalue weighted by Crippen LogP contribution is -2.33. The second-order valence-corrected chi connectivity index (χ2v) is 4.92. The third-order valence-corrected chi connectivity index (χ3v) is 3.28. The van der Waals surface area contributed by atoms with Crippen LogP contribution < -0.4 is 15.5 Å². The van der Waals surface area contributed by atoms with Crippen LogP contribution in [0.1, 0.15) is 5.56 Å². The fourth-order valence-corrected chi connectivity index (χ4v) is 2.17. The zero-order valence-electron chi connectivity index (χ0n) is 12.4. The molecule has 0 unspecified atom stereocenters. The molecule has 1 heterocycles. The number of imidazole rings is 1. The Bertz CT molecular complexity index is 833. The summed E-state index contributed by atoms with van der Waals surface area (Å²) in [5.74, 6) is 0.0723. The van der Waals surface area contributed by atoms with E-state index >= 15 is 0 Å². The second-order valence-electron chi connectivity index (χ2n) is 4.92. The van der Waals surface area contributed by atoms with Crippen molar-refractivity contribution >= 4 is 17.1 Å². The van der Waals surface area contributed by atoms with Gasteiger partial charge in [-0.05, 0) is 29.8 Å². The van der Waals surface area contributed by atoms with Gasteiger partial charge in [-0.2, -0.15) is 8.78 Å². The van der Waals surface area contributed by atoms with Gasteiger partial charge >= 0.3 is 12.6 Å². The summed E-state index contributed by atoms with van der Waals surface area (Å²) in [6, 6.07) is 13.0. The number of carbonyl (C=O) groups is 1. The van der Waals surface area contributed by atoms with Crippen molar-refractivity contribution in [2.45, 2.75) is 13.2 Å². The number of benzene rings is 2. The predicted octanol–water partition coefficient (Wildman–Crippen LogP) is 3.09. The molecule has 2 aromatic carbocycles. The van der Waals surface area contributed by atoms with E-state index in [4.69, 9.17) is 0 Å². The Morgan fingerprint density at radius 1 is 1.17 bits per heavy atom. The lowest BCUT2D eigenvalue weighted by molar-refractivity contribution is -0.0498. The zero-order valence-corrected chi connectivity index (χ0v) is 12.4. The summed E-state index contributed by atoms with van der Waals surface area (Å²) in [5, 5.41) is 2.67. The van der Waals surface area contributed by atoms with Gasteiger partial charge in [0.1, 0.15) is 12.1 Å². The lowest BCUT2D eigenvalue weighted by Gasteiger charge is -2.09. The number of hydrogen-bond donors (Lipinski definition) is 2. The van der Waals surface area contributed by atoms with Crippen molar-refractivity contribution in [1.29, 1.82) is 0 Å². The van der Waals surface area contributed by atoms with E-state index in [9.17, 15) is 13.6 Å². The van der Waals surface area contributed by atoms with E-state index in [0.717, 1.165) is 16.6 Å².